The Balaban J connectivity index is 2.99. The molecule has 0 saturated carbocycles. The Hall–Kier alpha value is -1.16. The Kier molecular flexibility index (Phi) is 6.08. The number of sulfonamides is 1. The molecule has 7 nitrogen and oxygen atoms in total. The van der Waals surface area contributed by atoms with E-state index in [1.165, 1.54) is 5.38 Å². The van der Waals surface area contributed by atoms with E-state index in [9.17, 15) is 18.0 Å². The third-order valence-corrected chi connectivity index (χ3v) is 5.75. The van der Waals surface area contributed by atoms with E-state index in [2.05, 4.69) is 4.84 Å². The van der Waals surface area contributed by atoms with Crippen LogP contribution in [0.1, 0.15) is 51.9 Å². The quantitative estimate of drug-likeness (QED) is 0.619. The number of rotatable bonds is 4. The first-order chi connectivity index (χ1) is 10.6. The lowest BCUT2D eigenvalue weighted by molar-refractivity contribution is -0.156. The molecule has 0 fully saturated rings. The van der Waals surface area contributed by atoms with E-state index in [1.54, 1.807) is 46.4 Å². The maximum Gasteiger partial charge on any atom is 0.341 e. The Morgan fingerprint density at radius 1 is 1.17 bits per heavy atom. The number of hydrogen-bond acceptors (Lipinski definition) is 7. The summed E-state index contributed by atoms with van der Waals surface area (Å²) in [5.74, 6) is -1.50. The zero-order chi connectivity index (χ0) is 18.9. The van der Waals surface area contributed by atoms with E-state index in [0.29, 0.717) is 0 Å². The lowest BCUT2D eigenvalue weighted by Crippen LogP contribution is -2.33. The number of carbonyl (C=O) groups is 2. The lowest BCUT2D eigenvalue weighted by Gasteiger charge is -2.19. The second-order valence-electron chi connectivity index (χ2n) is 6.98. The SMILES string of the molecule is CC(C)(C)OC(=O)c1csc(S(=O)(=O)NOC(=O)C(C)(C)C)c1Cl. The Labute approximate surface area is 150 Å². The van der Waals surface area contributed by atoms with Gasteiger partial charge in [0.2, 0.25) is 0 Å². The van der Waals surface area contributed by atoms with E-state index in [-0.39, 0.29) is 14.8 Å². The molecule has 0 bridgehead atoms. The summed E-state index contributed by atoms with van der Waals surface area (Å²) in [5, 5.41) is 0.991. The van der Waals surface area contributed by atoms with Crippen LogP contribution in [0, 0.1) is 5.41 Å². The Morgan fingerprint density at radius 2 is 1.71 bits per heavy atom. The van der Waals surface area contributed by atoms with Crippen molar-refractivity contribution in [2.75, 3.05) is 0 Å². The largest absolute Gasteiger partial charge is 0.456 e. The summed E-state index contributed by atoms with van der Waals surface area (Å²) in [4.78, 5) is 30.0. The van der Waals surface area contributed by atoms with Crippen LogP contribution in [0.15, 0.2) is 9.59 Å². The molecule has 0 unspecified atom stereocenters. The second-order valence-corrected chi connectivity index (χ2v) is 10.1. The van der Waals surface area contributed by atoms with Crippen LogP contribution >= 0.6 is 22.9 Å². The molecule has 1 N–H and O–H groups in total. The highest BCUT2D eigenvalue weighted by atomic mass is 35.5. The molecule has 0 radical (unpaired) electrons. The van der Waals surface area contributed by atoms with Crippen molar-refractivity contribution >= 4 is 44.9 Å². The zero-order valence-electron chi connectivity index (χ0n) is 14.2. The molecular weight excluding hydrogens is 378 g/mol. The average Bonchev–Trinajstić information content (AvgIpc) is 2.75. The maximum absolute atomic E-state index is 12.2. The lowest BCUT2D eigenvalue weighted by atomic mass is 9.98. The molecule has 0 saturated heterocycles. The van der Waals surface area contributed by atoms with Crippen LogP contribution in [0.5, 0.6) is 0 Å². The van der Waals surface area contributed by atoms with Crippen LogP contribution < -0.4 is 4.89 Å². The minimum Gasteiger partial charge on any atom is -0.456 e. The van der Waals surface area contributed by atoms with Gasteiger partial charge < -0.3 is 9.57 Å². The topological polar surface area (TPSA) is 98.8 Å². The molecule has 1 aromatic heterocycles. The number of nitrogens with one attached hydrogen (secondary N) is 1. The standard InChI is InChI=1S/C14H20ClNO6S2/c1-13(2,3)12(18)22-16-24(19,20)11-9(15)8(7-23-11)10(17)21-14(4,5)6/h7,16H,1-6H3. The summed E-state index contributed by atoms with van der Waals surface area (Å²) in [6.07, 6.45) is 0. The van der Waals surface area contributed by atoms with Crippen molar-refractivity contribution in [3.8, 4) is 0 Å². The normalized spacial score (nSPS) is 12.8. The van der Waals surface area contributed by atoms with Gasteiger partial charge in [-0.1, -0.05) is 11.6 Å². The van der Waals surface area contributed by atoms with E-state index in [4.69, 9.17) is 16.3 Å². The Bertz CT molecular complexity index is 740. The van der Waals surface area contributed by atoms with Gasteiger partial charge in [-0.2, -0.15) is 0 Å². The zero-order valence-corrected chi connectivity index (χ0v) is 16.6. The first-order valence-electron chi connectivity index (χ1n) is 6.88. The highest BCUT2D eigenvalue weighted by molar-refractivity contribution is 7.91. The fraction of sp³-hybridized carbons (Fsp3) is 0.571. The van der Waals surface area contributed by atoms with Gasteiger partial charge in [-0.25, -0.2) is 18.0 Å². The van der Waals surface area contributed by atoms with E-state index in [1.807, 2.05) is 0 Å². The van der Waals surface area contributed by atoms with Gasteiger partial charge in [0.25, 0.3) is 10.0 Å². The number of esters is 1. The van der Waals surface area contributed by atoms with Gasteiger partial charge >= 0.3 is 11.9 Å². The number of carbonyl (C=O) groups excluding carboxylic acids is 2. The van der Waals surface area contributed by atoms with Crippen molar-refractivity contribution in [2.45, 2.75) is 51.4 Å². The van der Waals surface area contributed by atoms with Crippen LogP contribution in [-0.4, -0.2) is 26.0 Å². The van der Waals surface area contributed by atoms with Crippen LogP contribution in [0.3, 0.4) is 0 Å². The van der Waals surface area contributed by atoms with Crippen LogP contribution in [0.25, 0.3) is 0 Å². The van der Waals surface area contributed by atoms with Gasteiger partial charge in [-0.15, -0.1) is 11.3 Å². The maximum atomic E-state index is 12.2. The molecule has 0 spiro atoms. The smallest absolute Gasteiger partial charge is 0.341 e. The van der Waals surface area contributed by atoms with E-state index >= 15 is 0 Å². The average molecular weight is 398 g/mol. The van der Waals surface area contributed by atoms with Crippen molar-refractivity contribution in [3.05, 3.63) is 16.0 Å². The summed E-state index contributed by atoms with van der Waals surface area (Å²) in [6.45, 7) is 9.75. The fourth-order valence-corrected chi connectivity index (χ4v) is 3.91. The summed E-state index contributed by atoms with van der Waals surface area (Å²) < 4.78 is 29.2. The van der Waals surface area contributed by atoms with Crippen LogP contribution in [0.2, 0.25) is 5.02 Å². The first-order valence-corrected chi connectivity index (χ1v) is 9.62. The predicted octanol–water partition coefficient (Wildman–Crippen LogP) is 3.14. The molecule has 24 heavy (non-hydrogen) atoms. The number of ether oxygens (including phenoxy) is 1. The van der Waals surface area contributed by atoms with Crippen molar-refractivity contribution in [2.24, 2.45) is 5.41 Å². The van der Waals surface area contributed by atoms with E-state index < -0.39 is 33.0 Å². The summed E-state index contributed by atoms with van der Waals surface area (Å²) in [6, 6.07) is 0. The minimum absolute atomic E-state index is 0.0703. The molecular formula is C14H20ClNO6S2. The highest BCUT2D eigenvalue weighted by Gasteiger charge is 2.31. The summed E-state index contributed by atoms with van der Waals surface area (Å²) in [5.41, 5.74) is -1.70. The van der Waals surface area contributed by atoms with Gasteiger partial charge in [0.1, 0.15) is 5.60 Å². The van der Waals surface area contributed by atoms with Crippen molar-refractivity contribution in [1.29, 1.82) is 0 Å². The number of halogens is 1. The molecule has 1 heterocycles. The van der Waals surface area contributed by atoms with Gasteiger partial charge in [0, 0.05) is 5.38 Å². The van der Waals surface area contributed by atoms with Crippen molar-refractivity contribution in [1.82, 2.24) is 4.89 Å². The third kappa shape index (κ3) is 5.44. The molecule has 0 atom stereocenters. The molecule has 0 aromatic carbocycles. The molecule has 0 aliphatic carbocycles. The molecule has 0 amide bonds. The predicted molar refractivity (Wildman–Crippen MR) is 90.4 cm³/mol. The van der Waals surface area contributed by atoms with Crippen molar-refractivity contribution < 1.29 is 27.6 Å². The number of thiophene rings is 1. The molecule has 10 heteroatoms. The Morgan fingerprint density at radius 3 is 2.17 bits per heavy atom. The highest BCUT2D eigenvalue weighted by Crippen LogP contribution is 2.33. The fourth-order valence-electron chi connectivity index (χ4n) is 1.26. The molecule has 0 aliphatic rings. The van der Waals surface area contributed by atoms with Crippen LogP contribution in [0.4, 0.5) is 0 Å². The molecule has 1 rings (SSSR count). The monoisotopic (exact) mass is 397 g/mol. The van der Waals surface area contributed by atoms with Gasteiger partial charge in [0.15, 0.2) is 4.21 Å². The number of hydrogen-bond donors (Lipinski definition) is 1. The van der Waals surface area contributed by atoms with Gasteiger partial charge in [-0.3, -0.25) is 0 Å². The summed E-state index contributed by atoms with van der Waals surface area (Å²) >= 11 is 6.71. The molecule has 0 aliphatic heterocycles. The van der Waals surface area contributed by atoms with Crippen LogP contribution in [-0.2, 0) is 24.4 Å². The second kappa shape index (κ2) is 6.99. The summed E-state index contributed by atoms with van der Waals surface area (Å²) in [7, 11) is -4.22. The van der Waals surface area contributed by atoms with Crippen molar-refractivity contribution in [3.63, 3.8) is 0 Å². The minimum atomic E-state index is -4.22. The molecule has 136 valence electrons. The molecule has 1 aromatic rings. The third-order valence-electron chi connectivity index (χ3n) is 2.42. The van der Waals surface area contributed by atoms with Gasteiger partial charge in [-0.05, 0) is 46.4 Å². The first kappa shape index (κ1) is 20.9. The van der Waals surface area contributed by atoms with E-state index in [0.717, 1.165) is 11.3 Å². The van der Waals surface area contributed by atoms with Gasteiger partial charge in [0.05, 0.1) is 16.0 Å².